The van der Waals surface area contributed by atoms with Crippen LogP contribution in [-0.4, -0.2) is 63.0 Å². The number of rotatable bonds is 6. The van der Waals surface area contributed by atoms with Gasteiger partial charge in [0.05, 0.1) is 5.92 Å². The van der Waals surface area contributed by atoms with Crippen molar-refractivity contribution in [3.05, 3.63) is 71.8 Å². The van der Waals surface area contributed by atoms with Crippen LogP contribution < -0.4 is 0 Å². The van der Waals surface area contributed by atoms with Gasteiger partial charge in [-0.2, -0.15) is 5.10 Å². The van der Waals surface area contributed by atoms with Gasteiger partial charge in [0.15, 0.2) is 0 Å². The zero-order valence-corrected chi connectivity index (χ0v) is 19.5. The Morgan fingerprint density at radius 1 is 1.15 bits per heavy atom. The lowest BCUT2D eigenvalue weighted by atomic mass is 9.96. The predicted octanol–water partition coefficient (Wildman–Crippen LogP) is 3.76. The van der Waals surface area contributed by atoms with Crippen molar-refractivity contribution in [3.63, 3.8) is 0 Å². The zero-order valence-electron chi connectivity index (χ0n) is 19.5. The van der Waals surface area contributed by atoms with E-state index in [-0.39, 0.29) is 23.7 Å². The molecule has 7 heteroatoms. The van der Waals surface area contributed by atoms with Gasteiger partial charge in [-0.05, 0) is 48.1 Å². The van der Waals surface area contributed by atoms with Crippen LogP contribution in [0.5, 0.6) is 0 Å². The van der Waals surface area contributed by atoms with Crippen LogP contribution in [0.4, 0.5) is 0 Å². The number of carbonyl (C=O) groups excluding carboxylic acids is 2. The van der Waals surface area contributed by atoms with Crippen molar-refractivity contribution in [3.8, 4) is 11.1 Å². The van der Waals surface area contributed by atoms with Gasteiger partial charge in [0.2, 0.25) is 5.91 Å². The fourth-order valence-corrected chi connectivity index (χ4v) is 4.25. The molecule has 1 fully saturated rings. The molecule has 172 valence electrons. The molecular formula is C26H31N5O2. The van der Waals surface area contributed by atoms with Crippen LogP contribution in [0.3, 0.4) is 0 Å². The summed E-state index contributed by atoms with van der Waals surface area (Å²) >= 11 is 0. The Morgan fingerprint density at radius 2 is 1.94 bits per heavy atom. The second kappa shape index (κ2) is 9.98. The molecule has 7 nitrogen and oxygen atoms in total. The van der Waals surface area contributed by atoms with Crippen molar-refractivity contribution in [2.24, 2.45) is 5.92 Å². The smallest absolute Gasteiger partial charge is 0.274 e. The number of amides is 2. The number of carbonyl (C=O) groups is 2. The van der Waals surface area contributed by atoms with Gasteiger partial charge in [-0.15, -0.1) is 0 Å². The molecule has 0 saturated carbocycles. The Labute approximate surface area is 194 Å². The van der Waals surface area contributed by atoms with Crippen molar-refractivity contribution < 1.29 is 9.59 Å². The SMILES string of the molecule is CCN1CCN(C(=O)c2cc(C(C)C)[nH]n2)C[C@@H](Cc2ccc(-c3cccnc3)cc2)C1=O. The van der Waals surface area contributed by atoms with E-state index in [0.29, 0.717) is 38.3 Å². The molecular weight excluding hydrogens is 414 g/mol. The van der Waals surface area contributed by atoms with Crippen LogP contribution >= 0.6 is 0 Å². The van der Waals surface area contributed by atoms with Gasteiger partial charge in [-0.25, -0.2) is 0 Å². The van der Waals surface area contributed by atoms with Gasteiger partial charge in [0, 0.05) is 44.3 Å². The first kappa shape index (κ1) is 22.7. The summed E-state index contributed by atoms with van der Waals surface area (Å²) in [4.78, 5) is 34.2. The van der Waals surface area contributed by atoms with E-state index in [1.807, 2.05) is 36.2 Å². The van der Waals surface area contributed by atoms with Gasteiger partial charge in [-0.1, -0.05) is 44.2 Å². The van der Waals surface area contributed by atoms with Crippen LogP contribution in [0.15, 0.2) is 54.9 Å². The van der Waals surface area contributed by atoms with Crippen molar-refractivity contribution in [2.45, 2.75) is 33.1 Å². The topological polar surface area (TPSA) is 82.2 Å². The lowest BCUT2D eigenvalue weighted by Gasteiger charge is -2.23. The van der Waals surface area contributed by atoms with E-state index in [1.54, 1.807) is 11.1 Å². The van der Waals surface area contributed by atoms with Crippen molar-refractivity contribution in [1.29, 1.82) is 0 Å². The summed E-state index contributed by atoms with van der Waals surface area (Å²) in [5.41, 5.74) is 4.57. The standard InChI is InChI=1S/C26H31N5O2/c1-4-30-12-13-31(26(33)24-15-23(18(2)3)28-29-24)17-22(25(30)32)14-19-7-9-20(10-8-19)21-6-5-11-27-16-21/h5-11,15-16,18,22H,4,12-14,17H2,1-3H3,(H,28,29)/t22-/m1/s1. The predicted molar refractivity (Wildman–Crippen MR) is 128 cm³/mol. The van der Waals surface area contributed by atoms with E-state index < -0.39 is 0 Å². The first-order valence-corrected chi connectivity index (χ1v) is 11.6. The highest BCUT2D eigenvalue weighted by Gasteiger charge is 2.32. The lowest BCUT2D eigenvalue weighted by molar-refractivity contribution is -0.134. The minimum atomic E-state index is -0.288. The Balaban J connectivity index is 1.52. The number of aromatic nitrogens is 3. The van der Waals surface area contributed by atoms with Crippen molar-refractivity contribution in [2.75, 3.05) is 26.2 Å². The van der Waals surface area contributed by atoms with Crippen molar-refractivity contribution >= 4 is 11.8 Å². The van der Waals surface area contributed by atoms with E-state index in [9.17, 15) is 9.59 Å². The summed E-state index contributed by atoms with van der Waals surface area (Å²) in [6.07, 6.45) is 4.19. The van der Waals surface area contributed by atoms with Crippen molar-refractivity contribution in [1.82, 2.24) is 25.0 Å². The molecule has 0 aliphatic carbocycles. The zero-order chi connectivity index (χ0) is 23.4. The molecule has 0 bridgehead atoms. The highest BCUT2D eigenvalue weighted by molar-refractivity contribution is 5.93. The molecule has 1 atom stereocenters. The van der Waals surface area contributed by atoms with E-state index in [1.165, 1.54) is 0 Å². The molecule has 1 aliphatic heterocycles. The van der Waals surface area contributed by atoms with E-state index in [0.717, 1.165) is 22.4 Å². The Kier molecular flexibility index (Phi) is 6.87. The number of H-pyrrole nitrogens is 1. The number of benzene rings is 1. The maximum atomic E-state index is 13.2. The maximum Gasteiger partial charge on any atom is 0.274 e. The first-order valence-electron chi connectivity index (χ1n) is 11.6. The highest BCUT2D eigenvalue weighted by Crippen LogP contribution is 2.23. The second-order valence-electron chi connectivity index (χ2n) is 8.87. The highest BCUT2D eigenvalue weighted by atomic mass is 16.2. The van der Waals surface area contributed by atoms with Gasteiger partial charge in [-0.3, -0.25) is 19.7 Å². The number of aromatic amines is 1. The molecule has 2 amide bonds. The number of pyridine rings is 1. The number of hydrogen-bond donors (Lipinski definition) is 1. The average Bonchev–Trinajstić information content (AvgIpc) is 3.28. The van der Waals surface area contributed by atoms with Gasteiger partial charge >= 0.3 is 0 Å². The molecule has 4 rings (SSSR count). The molecule has 0 unspecified atom stereocenters. The first-order chi connectivity index (χ1) is 16.0. The molecule has 1 N–H and O–H groups in total. The molecule has 1 aliphatic rings. The third kappa shape index (κ3) is 5.13. The number of likely N-dealkylation sites (N-methyl/N-ethyl adjacent to an activating group) is 1. The molecule has 3 heterocycles. The van der Waals surface area contributed by atoms with E-state index in [4.69, 9.17) is 0 Å². The largest absolute Gasteiger partial charge is 0.341 e. The molecule has 0 spiro atoms. The summed E-state index contributed by atoms with van der Waals surface area (Å²) in [5, 5.41) is 7.19. The van der Waals surface area contributed by atoms with Gasteiger partial charge in [0.25, 0.3) is 5.91 Å². The Hall–Kier alpha value is -3.48. The molecule has 1 saturated heterocycles. The fourth-order valence-electron chi connectivity index (χ4n) is 4.25. The quantitative estimate of drug-likeness (QED) is 0.626. The molecule has 3 aromatic rings. The summed E-state index contributed by atoms with van der Waals surface area (Å²) in [6.45, 7) is 8.18. The third-order valence-electron chi connectivity index (χ3n) is 6.28. The maximum absolute atomic E-state index is 13.2. The number of hydrogen-bond acceptors (Lipinski definition) is 4. The van der Waals surface area contributed by atoms with E-state index >= 15 is 0 Å². The normalized spacial score (nSPS) is 16.8. The van der Waals surface area contributed by atoms with Crippen LogP contribution in [-0.2, 0) is 11.2 Å². The lowest BCUT2D eigenvalue weighted by Crippen LogP contribution is -2.38. The Morgan fingerprint density at radius 3 is 2.58 bits per heavy atom. The van der Waals surface area contributed by atoms with Crippen LogP contribution in [0.25, 0.3) is 11.1 Å². The minimum absolute atomic E-state index is 0.106. The molecule has 1 aromatic carbocycles. The third-order valence-corrected chi connectivity index (χ3v) is 6.28. The van der Waals surface area contributed by atoms with Gasteiger partial charge in [0.1, 0.15) is 5.69 Å². The number of nitrogens with zero attached hydrogens (tertiary/aromatic N) is 4. The van der Waals surface area contributed by atoms with Crippen LogP contribution in [0.2, 0.25) is 0 Å². The van der Waals surface area contributed by atoms with Crippen LogP contribution in [0.1, 0.15) is 48.4 Å². The molecule has 2 aromatic heterocycles. The number of nitrogens with one attached hydrogen (secondary N) is 1. The van der Waals surface area contributed by atoms with E-state index in [2.05, 4.69) is 53.3 Å². The monoisotopic (exact) mass is 445 g/mol. The summed E-state index contributed by atoms with van der Waals surface area (Å²) < 4.78 is 0. The summed E-state index contributed by atoms with van der Waals surface area (Å²) in [5.74, 6) is -0.0400. The second-order valence-corrected chi connectivity index (χ2v) is 8.87. The van der Waals surface area contributed by atoms with Crippen LogP contribution in [0, 0.1) is 5.92 Å². The minimum Gasteiger partial charge on any atom is -0.341 e. The fraction of sp³-hybridized carbons (Fsp3) is 0.385. The molecule has 0 radical (unpaired) electrons. The molecule has 33 heavy (non-hydrogen) atoms. The van der Waals surface area contributed by atoms with Gasteiger partial charge < -0.3 is 9.80 Å². The summed E-state index contributed by atoms with van der Waals surface area (Å²) in [6, 6.07) is 14.0. The Bertz CT molecular complexity index is 1090. The summed E-state index contributed by atoms with van der Waals surface area (Å²) in [7, 11) is 0. The average molecular weight is 446 g/mol.